The molecule has 0 saturated heterocycles. The Balaban J connectivity index is 5.18. The minimum atomic E-state index is -0.843. The Morgan fingerprint density at radius 1 is 1.41 bits per heavy atom. The summed E-state index contributed by atoms with van der Waals surface area (Å²) in [4.78, 5) is 21.4. The van der Waals surface area contributed by atoms with Gasteiger partial charge in [0.05, 0.1) is 20.8 Å². The highest BCUT2D eigenvalue weighted by molar-refractivity contribution is 5.77. The fourth-order valence-electron chi connectivity index (χ4n) is 1.58. The van der Waals surface area contributed by atoms with Gasteiger partial charge in [0, 0.05) is 5.92 Å². The smallest absolute Gasteiger partial charge is 0.314 e. The van der Waals surface area contributed by atoms with Gasteiger partial charge in [0.25, 0.3) is 0 Å². The largest absolute Gasteiger partial charge is 0.469 e. The molecule has 4 nitrogen and oxygen atoms in total. The Hall–Kier alpha value is -1.13. The molecule has 0 rings (SSSR count). The van der Waals surface area contributed by atoms with E-state index in [0.29, 0.717) is 0 Å². The van der Waals surface area contributed by atoms with Gasteiger partial charge in [-0.15, -0.1) is 6.58 Å². The van der Waals surface area contributed by atoms with E-state index in [1.807, 2.05) is 19.9 Å². The Kier molecular flexibility index (Phi) is 6.76. The molecular formula is C13H22O4. The van der Waals surface area contributed by atoms with Crippen LogP contribution in [0, 0.1) is 11.3 Å². The van der Waals surface area contributed by atoms with E-state index in [1.54, 1.807) is 13.0 Å². The fourth-order valence-corrected chi connectivity index (χ4v) is 1.58. The van der Waals surface area contributed by atoms with Gasteiger partial charge < -0.3 is 4.74 Å². The van der Waals surface area contributed by atoms with Crippen molar-refractivity contribution in [3.05, 3.63) is 24.3 Å². The van der Waals surface area contributed by atoms with E-state index < -0.39 is 5.41 Å². The van der Waals surface area contributed by atoms with E-state index >= 15 is 0 Å². The van der Waals surface area contributed by atoms with Gasteiger partial charge in [-0.3, -0.25) is 4.79 Å². The van der Waals surface area contributed by atoms with Crippen molar-refractivity contribution in [2.24, 2.45) is 11.3 Å². The van der Waals surface area contributed by atoms with Crippen molar-refractivity contribution in [3.8, 4) is 0 Å². The number of carbonyl (C=O) groups excluding carboxylic acids is 1. The molecule has 98 valence electrons. The third kappa shape index (κ3) is 4.32. The van der Waals surface area contributed by atoms with E-state index in [2.05, 4.69) is 11.5 Å². The first kappa shape index (κ1) is 15.9. The molecular weight excluding hydrogens is 220 g/mol. The SMILES string of the molecule is C=C[C@@H](C=C(C)C)C(C)(COOC)C(=O)OC. The van der Waals surface area contributed by atoms with Crippen LogP contribution in [0.3, 0.4) is 0 Å². The molecule has 0 aliphatic heterocycles. The number of rotatable bonds is 7. The third-order valence-electron chi connectivity index (χ3n) is 2.63. The second-order valence-electron chi connectivity index (χ2n) is 4.34. The second-order valence-corrected chi connectivity index (χ2v) is 4.34. The van der Waals surface area contributed by atoms with Crippen molar-refractivity contribution in [3.63, 3.8) is 0 Å². The summed E-state index contributed by atoms with van der Waals surface area (Å²) < 4.78 is 4.83. The van der Waals surface area contributed by atoms with E-state index in [4.69, 9.17) is 9.62 Å². The highest BCUT2D eigenvalue weighted by atomic mass is 17.2. The lowest BCUT2D eigenvalue weighted by molar-refractivity contribution is -0.289. The van der Waals surface area contributed by atoms with E-state index in [1.165, 1.54) is 14.2 Å². The van der Waals surface area contributed by atoms with Gasteiger partial charge in [0.15, 0.2) is 0 Å². The monoisotopic (exact) mass is 242 g/mol. The summed E-state index contributed by atoms with van der Waals surface area (Å²) >= 11 is 0. The molecule has 0 bridgehead atoms. The molecule has 0 radical (unpaired) electrons. The standard InChI is InChI=1S/C13H22O4/c1-7-11(8-10(2)3)13(4,9-17-16-6)12(14)15-5/h7-8,11H,1,9H2,2-6H3/t11-,13?/m0/s1. The molecule has 0 saturated carbocycles. The Labute approximate surface area is 103 Å². The summed E-state index contributed by atoms with van der Waals surface area (Å²) in [6.07, 6.45) is 3.67. The zero-order valence-corrected chi connectivity index (χ0v) is 11.3. The molecule has 4 heteroatoms. The Bertz CT molecular complexity index is 292. The molecule has 0 N–H and O–H groups in total. The lowest BCUT2D eigenvalue weighted by Crippen LogP contribution is -2.39. The van der Waals surface area contributed by atoms with Crippen LogP contribution in [0.25, 0.3) is 0 Å². The molecule has 0 heterocycles. The van der Waals surface area contributed by atoms with Crippen LogP contribution >= 0.6 is 0 Å². The number of ether oxygens (including phenoxy) is 1. The van der Waals surface area contributed by atoms with E-state index in [9.17, 15) is 4.79 Å². The molecule has 0 aromatic carbocycles. The Morgan fingerprint density at radius 3 is 2.35 bits per heavy atom. The minimum absolute atomic E-state index is 0.108. The van der Waals surface area contributed by atoms with Crippen LogP contribution in [0.5, 0.6) is 0 Å². The molecule has 0 spiro atoms. The lowest BCUT2D eigenvalue weighted by Gasteiger charge is -2.30. The summed E-state index contributed by atoms with van der Waals surface area (Å²) in [7, 11) is 2.76. The molecule has 2 atom stereocenters. The van der Waals surface area contributed by atoms with E-state index in [-0.39, 0.29) is 18.5 Å². The number of hydrogen-bond acceptors (Lipinski definition) is 4. The van der Waals surface area contributed by atoms with Crippen LogP contribution in [0.15, 0.2) is 24.3 Å². The van der Waals surface area contributed by atoms with Crippen LogP contribution in [0.2, 0.25) is 0 Å². The van der Waals surface area contributed by atoms with Gasteiger partial charge in [0.1, 0.15) is 5.41 Å². The maximum Gasteiger partial charge on any atom is 0.314 e. The van der Waals surface area contributed by atoms with Crippen LogP contribution in [0.4, 0.5) is 0 Å². The summed E-state index contributed by atoms with van der Waals surface area (Å²) in [6.45, 7) is 9.56. The van der Waals surface area contributed by atoms with Crippen LogP contribution in [-0.4, -0.2) is 26.8 Å². The number of carbonyl (C=O) groups is 1. The summed E-state index contributed by atoms with van der Waals surface area (Å²) in [5, 5.41) is 0. The topological polar surface area (TPSA) is 44.8 Å². The van der Waals surface area contributed by atoms with Crippen molar-refractivity contribution < 1.29 is 19.3 Å². The first-order valence-electron chi connectivity index (χ1n) is 5.44. The third-order valence-corrected chi connectivity index (χ3v) is 2.63. The average Bonchev–Trinajstić information content (AvgIpc) is 2.31. The lowest BCUT2D eigenvalue weighted by atomic mass is 9.77. The van der Waals surface area contributed by atoms with E-state index in [0.717, 1.165) is 5.57 Å². The number of esters is 1. The number of methoxy groups -OCH3 is 1. The van der Waals surface area contributed by atoms with Crippen LogP contribution in [-0.2, 0) is 19.3 Å². The molecule has 0 amide bonds. The summed E-state index contributed by atoms with van der Waals surface area (Å²) in [5.74, 6) is -0.521. The molecule has 0 aliphatic rings. The predicted octanol–water partition coefficient (Wildman–Crippen LogP) is 2.51. The van der Waals surface area contributed by atoms with Gasteiger partial charge in [-0.2, -0.15) is 0 Å². The highest BCUT2D eigenvalue weighted by Gasteiger charge is 2.41. The molecule has 0 fully saturated rings. The predicted molar refractivity (Wildman–Crippen MR) is 66.2 cm³/mol. The normalized spacial score (nSPS) is 15.6. The van der Waals surface area contributed by atoms with Crippen molar-refractivity contribution in [2.45, 2.75) is 20.8 Å². The maximum atomic E-state index is 11.9. The van der Waals surface area contributed by atoms with Crippen molar-refractivity contribution in [2.75, 3.05) is 20.8 Å². The van der Waals surface area contributed by atoms with Crippen molar-refractivity contribution in [1.82, 2.24) is 0 Å². The zero-order chi connectivity index (χ0) is 13.5. The van der Waals surface area contributed by atoms with Crippen molar-refractivity contribution in [1.29, 1.82) is 0 Å². The van der Waals surface area contributed by atoms with Gasteiger partial charge in [-0.25, -0.2) is 9.78 Å². The molecule has 0 aliphatic carbocycles. The average molecular weight is 242 g/mol. The first-order chi connectivity index (χ1) is 7.92. The number of hydrogen-bond donors (Lipinski definition) is 0. The summed E-state index contributed by atoms with van der Waals surface area (Å²) in [5.41, 5.74) is 0.256. The first-order valence-corrected chi connectivity index (χ1v) is 5.44. The number of allylic oxidation sites excluding steroid dienone is 3. The van der Waals surface area contributed by atoms with Crippen LogP contribution in [0.1, 0.15) is 20.8 Å². The minimum Gasteiger partial charge on any atom is -0.469 e. The highest BCUT2D eigenvalue weighted by Crippen LogP contribution is 2.32. The van der Waals surface area contributed by atoms with Crippen LogP contribution < -0.4 is 0 Å². The van der Waals surface area contributed by atoms with Gasteiger partial charge in [-0.05, 0) is 20.8 Å². The molecule has 17 heavy (non-hydrogen) atoms. The van der Waals surface area contributed by atoms with Gasteiger partial charge >= 0.3 is 5.97 Å². The van der Waals surface area contributed by atoms with Gasteiger partial charge in [-0.1, -0.05) is 17.7 Å². The molecule has 0 aromatic rings. The second kappa shape index (κ2) is 7.25. The summed E-state index contributed by atoms with van der Waals surface area (Å²) in [6, 6.07) is 0. The van der Waals surface area contributed by atoms with Crippen molar-refractivity contribution >= 4 is 5.97 Å². The van der Waals surface area contributed by atoms with Gasteiger partial charge in [0.2, 0.25) is 0 Å². The zero-order valence-electron chi connectivity index (χ0n) is 11.3. The molecule has 1 unspecified atom stereocenters. The maximum absolute atomic E-state index is 11.9. The quantitative estimate of drug-likeness (QED) is 0.298. The molecule has 0 aromatic heterocycles. The Morgan fingerprint density at radius 2 is 2.00 bits per heavy atom. The fraction of sp³-hybridized carbons (Fsp3) is 0.615.